The molecule has 0 radical (unpaired) electrons. The monoisotopic (exact) mass is 394 g/mol. The number of sulfonamides is 1. The van der Waals surface area contributed by atoms with Crippen LogP contribution in [0, 0.1) is 0 Å². The fraction of sp³-hybridized carbons (Fsp3) is 0.650. The lowest BCUT2D eigenvalue weighted by Gasteiger charge is -2.36. The van der Waals surface area contributed by atoms with Crippen molar-refractivity contribution < 1.29 is 17.9 Å². The highest BCUT2D eigenvalue weighted by molar-refractivity contribution is 7.88. The Balaban J connectivity index is 1.70. The van der Waals surface area contributed by atoms with E-state index >= 15 is 0 Å². The molecule has 2 heterocycles. The molecule has 0 aliphatic carbocycles. The van der Waals surface area contributed by atoms with Gasteiger partial charge in [-0.1, -0.05) is 19.1 Å². The Morgan fingerprint density at radius 2 is 1.81 bits per heavy atom. The number of carbonyl (C=O) groups is 1. The Morgan fingerprint density at radius 3 is 2.48 bits per heavy atom. The van der Waals surface area contributed by atoms with Gasteiger partial charge in [0.1, 0.15) is 11.9 Å². The van der Waals surface area contributed by atoms with Gasteiger partial charge in [-0.05, 0) is 50.7 Å². The molecule has 0 N–H and O–H groups in total. The molecule has 0 spiro atoms. The van der Waals surface area contributed by atoms with Crippen molar-refractivity contribution in [2.45, 2.75) is 57.6 Å². The topological polar surface area (TPSA) is 66.9 Å². The number of hydrogen-bond donors (Lipinski definition) is 0. The number of rotatable bonds is 5. The molecule has 7 heteroatoms. The third kappa shape index (κ3) is 4.82. The molecule has 27 heavy (non-hydrogen) atoms. The predicted octanol–water partition coefficient (Wildman–Crippen LogP) is 2.89. The van der Waals surface area contributed by atoms with Crippen molar-refractivity contribution in [3.63, 3.8) is 0 Å². The van der Waals surface area contributed by atoms with Gasteiger partial charge in [-0.2, -0.15) is 0 Å². The quantitative estimate of drug-likeness (QED) is 0.770. The van der Waals surface area contributed by atoms with E-state index in [-0.39, 0.29) is 12.0 Å². The van der Waals surface area contributed by atoms with E-state index in [1.54, 1.807) is 0 Å². The summed E-state index contributed by atoms with van der Waals surface area (Å²) in [4.78, 5) is 15.2. The summed E-state index contributed by atoms with van der Waals surface area (Å²) in [5, 5.41) is 0. The van der Waals surface area contributed by atoms with E-state index in [1.807, 2.05) is 29.2 Å². The molecule has 0 saturated carbocycles. The Labute approximate surface area is 162 Å². The summed E-state index contributed by atoms with van der Waals surface area (Å²) in [5.74, 6) is 0.659. The van der Waals surface area contributed by atoms with Crippen LogP contribution in [-0.2, 0) is 10.0 Å². The minimum absolute atomic E-state index is 0.0470. The maximum absolute atomic E-state index is 13.2. The molecule has 0 bridgehead atoms. The number of piperidine rings is 2. The van der Waals surface area contributed by atoms with Crippen LogP contribution < -0.4 is 4.74 Å². The minimum Gasteiger partial charge on any atom is -0.489 e. The van der Waals surface area contributed by atoms with E-state index in [0.717, 1.165) is 25.8 Å². The van der Waals surface area contributed by atoms with E-state index < -0.39 is 10.0 Å². The van der Waals surface area contributed by atoms with Gasteiger partial charge in [-0.25, -0.2) is 12.7 Å². The zero-order valence-corrected chi connectivity index (χ0v) is 17.1. The van der Waals surface area contributed by atoms with Gasteiger partial charge in [0.2, 0.25) is 10.0 Å². The molecule has 1 atom stereocenters. The highest BCUT2D eigenvalue weighted by atomic mass is 32.2. The van der Waals surface area contributed by atoms with Crippen molar-refractivity contribution in [1.82, 2.24) is 9.21 Å². The molecule has 0 aromatic heterocycles. The lowest BCUT2D eigenvalue weighted by atomic mass is 9.98. The number of likely N-dealkylation sites (tertiary alicyclic amines) is 1. The molecule has 6 nitrogen and oxygen atoms in total. The van der Waals surface area contributed by atoms with Gasteiger partial charge in [0, 0.05) is 25.7 Å². The lowest BCUT2D eigenvalue weighted by molar-refractivity contribution is 0.0597. The van der Waals surface area contributed by atoms with Gasteiger partial charge in [-0.3, -0.25) is 4.79 Å². The van der Waals surface area contributed by atoms with Crippen LogP contribution in [-0.4, -0.2) is 61.6 Å². The van der Waals surface area contributed by atoms with E-state index in [1.165, 1.54) is 17.0 Å². The molecule has 150 valence electrons. The van der Waals surface area contributed by atoms with Gasteiger partial charge < -0.3 is 9.64 Å². The van der Waals surface area contributed by atoms with Crippen LogP contribution in [0.5, 0.6) is 5.75 Å². The number of hydrogen-bond acceptors (Lipinski definition) is 4. The number of benzene rings is 1. The first-order valence-electron chi connectivity index (χ1n) is 9.92. The fourth-order valence-electron chi connectivity index (χ4n) is 4.05. The van der Waals surface area contributed by atoms with Gasteiger partial charge in [-0.15, -0.1) is 0 Å². The summed E-state index contributed by atoms with van der Waals surface area (Å²) in [5.41, 5.74) is 0.614. The summed E-state index contributed by atoms with van der Waals surface area (Å²) in [6.45, 7) is 3.86. The highest BCUT2D eigenvalue weighted by Gasteiger charge is 2.30. The summed E-state index contributed by atoms with van der Waals surface area (Å²) in [6.07, 6.45) is 6.71. The average molecular weight is 395 g/mol. The first-order valence-corrected chi connectivity index (χ1v) is 11.8. The van der Waals surface area contributed by atoms with Crippen molar-refractivity contribution >= 4 is 15.9 Å². The van der Waals surface area contributed by atoms with E-state index in [0.29, 0.717) is 43.3 Å². The van der Waals surface area contributed by atoms with Crippen LogP contribution in [0.2, 0.25) is 0 Å². The highest BCUT2D eigenvalue weighted by Crippen LogP contribution is 2.28. The standard InChI is InChI=1S/C20H30N2O4S/c1-3-16-8-6-7-13-22(16)20(23)18-9-4-5-10-19(18)26-17-11-14-21(15-12-17)27(2,24)25/h4-5,9-10,16-17H,3,6-8,11-15H2,1-2H3/t16-/m1/s1. The van der Waals surface area contributed by atoms with E-state index in [2.05, 4.69) is 6.92 Å². The molecule has 2 saturated heterocycles. The van der Waals surface area contributed by atoms with E-state index in [4.69, 9.17) is 4.74 Å². The number of nitrogens with zero attached hydrogens (tertiary/aromatic N) is 2. The fourth-order valence-corrected chi connectivity index (χ4v) is 4.93. The zero-order chi connectivity index (χ0) is 19.4. The Morgan fingerprint density at radius 1 is 1.11 bits per heavy atom. The Kier molecular flexibility index (Phi) is 6.42. The first kappa shape index (κ1) is 20.1. The number of carbonyl (C=O) groups excluding carboxylic acids is 1. The molecule has 3 rings (SSSR count). The Hall–Kier alpha value is -1.60. The number of para-hydroxylation sites is 1. The summed E-state index contributed by atoms with van der Waals surface area (Å²) in [6, 6.07) is 7.74. The molecular weight excluding hydrogens is 364 g/mol. The molecule has 1 aromatic carbocycles. The van der Waals surface area contributed by atoms with Gasteiger partial charge in [0.15, 0.2) is 0 Å². The van der Waals surface area contributed by atoms with Crippen LogP contribution in [0.15, 0.2) is 24.3 Å². The third-order valence-electron chi connectivity index (χ3n) is 5.64. The maximum atomic E-state index is 13.2. The second-order valence-corrected chi connectivity index (χ2v) is 9.51. The van der Waals surface area contributed by atoms with Crippen LogP contribution in [0.25, 0.3) is 0 Å². The van der Waals surface area contributed by atoms with Crippen molar-refractivity contribution in [3.05, 3.63) is 29.8 Å². The van der Waals surface area contributed by atoms with Crippen molar-refractivity contribution in [3.8, 4) is 5.75 Å². The first-order chi connectivity index (χ1) is 12.9. The number of ether oxygens (including phenoxy) is 1. The second kappa shape index (κ2) is 8.61. The van der Waals surface area contributed by atoms with Crippen LogP contribution >= 0.6 is 0 Å². The predicted molar refractivity (Wildman–Crippen MR) is 105 cm³/mol. The summed E-state index contributed by atoms with van der Waals surface area (Å²) in [7, 11) is -3.15. The van der Waals surface area contributed by atoms with Gasteiger partial charge >= 0.3 is 0 Å². The Bertz CT molecular complexity index is 757. The molecule has 2 aliphatic heterocycles. The molecule has 1 aromatic rings. The molecule has 1 amide bonds. The SMILES string of the molecule is CC[C@@H]1CCCCN1C(=O)c1ccccc1OC1CCN(S(C)(=O)=O)CC1. The van der Waals surface area contributed by atoms with E-state index in [9.17, 15) is 13.2 Å². The summed E-state index contributed by atoms with van der Waals surface area (Å²) >= 11 is 0. The van der Waals surface area contributed by atoms with Crippen molar-refractivity contribution in [2.75, 3.05) is 25.9 Å². The third-order valence-corrected chi connectivity index (χ3v) is 6.94. The normalized spacial score (nSPS) is 22.6. The molecule has 0 unspecified atom stereocenters. The largest absolute Gasteiger partial charge is 0.489 e. The molecule has 2 aliphatic rings. The van der Waals surface area contributed by atoms with Crippen molar-refractivity contribution in [1.29, 1.82) is 0 Å². The summed E-state index contributed by atoms with van der Waals surface area (Å²) < 4.78 is 31.0. The average Bonchev–Trinajstić information content (AvgIpc) is 2.67. The van der Waals surface area contributed by atoms with Crippen molar-refractivity contribution in [2.24, 2.45) is 0 Å². The van der Waals surface area contributed by atoms with Crippen LogP contribution in [0.1, 0.15) is 55.8 Å². The molecular formula is C20H30N2O4S. The minimum atomic E-state index is -3.15. The van der Waals surface area contributed by atoms with Gasteiger partial charge in [0.25, 0.3) is 5.91 Å². The lowest BCUT2D eigenvalue weighted by Crippen LogP contribution is -2.44. The molecule has 2 fully saturated rings. The smallest absolute Gasteiger partial charge is 0.257 e. The van der Waals surface area contributed by atoms with Crippen LogP contribution in [0.3, 0.4) is 0 Å². The maximum Gasteiger partial charge on any atom is 0.257 e. The van der Waals surface area contributed by atoms with Gasteiger partial charge in [0.05, 0.1) is 11.8 Å². The second-order valence-electron chi connectivity index (χ2n) is 7.53. The number of amides is 1. The van der Waals surface area contributed by atoms with Crippen LogP contribution in [0.4, 0.5) is 0 Å². The zero-order valence-electron chi connectivity index (χ0n) is 16.3.